The highest BCUT2D eigenvalue weighted by atomic mass is 32.2. The Morgan fingerprint density at radius 2 is 2.00 bits per heavy atom. The van der Waals surface area contributed by atoms with Gasteiger partial charge >= 0.3 is 0 Å². The summed E-state index contributed by atoms with van der Waals surface area (Å²) in [6.45, 7) is 1.76. The van der Waals surface area contributed by atoms with E-state index in [9.17, 15) is 13.2 Å². The molecule has 2 N–H and O–H groups in total. The molecule has 0 aliphatic carbocycles. The van der Waals surface area contributed by atoms with Crippen LogP contribution in [-0.2, 0) is 14.6 Å². The molecule has 0 aromatic heterocycles. The molecule has 1 amide bonds. The number of carbonyl (C=O) groups is 1. The fraction of sp³-hybridized carbons (Fsp3) is 0.857. The smallest absolute Gasteiger partial charge is 0.238 e. The second-order valence-corrected chi connectivity index (χ2v) is 5.44. The number of carbonyl (C=O) groups excluding carboxylic acids is 1. The van der Waals surface area contributed by atoms with Crippen LogP contribution in [0.5, 0.6) is 0 Å². The average molecular weight is 208 g/mol. The zero-order valence-corrected chi connectivity index (χ0v) is 8.97. The number of rotatable bonds is 4. The minimum Gasteiger partial charge on any atom is -0.343 e. The molecule has 0 heterocycles. The highest BCUT2D eigenvalue weighted by Gasteiger charge is 2.14. The van der Waals surface area contributed by atoms with Crippen molar-refractivity contribution in [3.63, 3.8) is 0 Å². The van der Waals surface area contributed by atoms with Gasteiger partial charge in [0.1, 0.15) is 9.84 Å². The number of nitrogens with two attached hydrogens (primary N) is 1. The van der Waals surface area contributed by atoms with E-state index in [0.29, 0.717) is 0 Å². The van der Waals surface area contributed by atoms with Gasteiger partial charge in [0.05, 0.1) is 11.8 Å². The van der Waals surface area contributed by atoms with Gasteiger partial charge in [-0.05, 0) is 6.92 Å². The minimum absolute atomic E-state index is 0.0258. The molecule has 0 spiro atoms. The lowest BCUT2D eigenvalue weighted by atomic mass is 10.3. The number of likely N-dealkylation sites (N-methyl/N-ethyl adjacent to an activating group) is 1. The minimum atomic E-state index is -3.01. The fourth-order valence-electron chi connectivity index (χ4n) is 0.761. The van der Waals surface area contributed by atoms with Gasteiger partial charge < -0.3 is 10.6 Å². The van der Waals surface area contributed by atoms with Crippen molar-refractivity contribution >= 4 is 15.7 Å². The zero-order valence-electron chi connectivity index (χ0n) is 8.15. The summed E-state index contributed by atoms with van der Waals surface area (Å²) in [7, 11) is -1.47. The summed E-state index contributed by atoms with van der Waals surface area (Å²) in [5.74, 6) is -0.272. The standard InChI is InChI=1S/C7H16N2O3S/c1-6(8)7(10)9(2)4-5-13(3,11)12/h6H,4-5,8H2,1-3H3. The summed E-state index contributed by atoms with van der Waals surface area (Å²) < 4.78 is 21.5. The Balaban J connectivity index is 4.03. The molecule has 0 aromatic carbocycles. The van der Waals surface area contributed by atoms with Crippen molar-refractivity contribution in [1.29, 1.82) is 0 Å². The Kier molecular flexibility index (Phi) is 4.35. The Morgan fingerprint density at radius 3 is 2.31 bits per heavy atom. The van der Waals surface area contributed by atoms with Gasteiger partial charge in [-0.25, -0.2) is 8.42 Å². The average Bonchev–Trinajstić information content (AvgIpc) is 1.97. The van der Waals surface area contributed by atoms with Crippen LogP contribution in [-0.4, -0.2) is 50.9 Å². The highest BCUT2D eigenvalue weighted by molar-refractivity contribution is 7.90. The third-order valence-corrected chi connectivity index (χ3v) is 2.49. The molecule has 1 atom stereocenters. The van der Waals surface area contributed by atoms with Crippen molar-refractivity contribution in [3.8, 4) is 0 Å². The second-order valence-electron chi connectivity index (χ2n) is 3.18. The molecule has 0 radical (unpaired) electrons. The molecule has 78 valence electrons. The van der Waals surface area contributed by atoms with Crippen molar-refractivity contribution in [3.05, 3.63) is 0 Å². The number of hydrogen-bond donors (Lipinski definition) is 1. The van der Waals surface area contributed by atoms with E-state index < -0.39 is 15.9 Å². The maximum Gasteiger partial charge on any atom is 0.238 e. The van der Waals surface area contributed by atoms with E-state index in [1.165, 1.54) is 11.9 Å². The molecule has 0 aliphatic heterocycles. The van der Waals surface area contributed by atoms with E-state index in [-0.39, 0.29) is 18.2 Å². The van der Waals surface area contributed by atoms with Gasteiger partial charge in [0.2, 0.25) is 5.91 Å². The Bertz CT molecular complexity index is 271. The summed E-state index contributed by atoms with van der Waals surface area (Å²) in [4.78, 5) is 12.5. The van der Waals surface area contributed by atoms with Gasteiger partial charge in [-0.3, -0.25) is 4.79 Å². The lowest BCUT2D eigenvalue weighted by Crippen LogP contribution is -2.41. The Morgan fingerprint density at radius 1 is 1.54 bits per heavy atom. The van der Waals surface area contributed by atoms with Crippen molar-refractivity contribution in [2.45, 2.75) is 13.0 Å². The van der Waals surface area contributed by atoms with Crippen LogP contribution in [0, 0.1) is 0 Å². The summed E-state index contributed by atoms with van der Waals surface area (Å²) in [5, 5.41) is 0. The first-order valence-corrected chi connectivity index (χ1v) is 5.98. The SMILES string of the molecule is CC(N)C(=O)N(C)CCS(C)(=O)=O. The van der Waals surface area contributed by atoms with E-state index in [1.807, 2.05) is 0 Å². The van der Waals surface area contributed by atoms with E-state index >= 15 is 0 Å². The number of nitrogens with zero attached hydrogens (tertiary/aromatic N) is 1. The van der Waals surface area contributed by atoms with Gasteiger partial charge in [-0.15, -0.1) is 0 Å². The molecule has 6 heteroatoms. The van der Waals surface area contributed by atoms with Crippen LogP contribution in [0.4, 0.5) is 0 Å². The monoisotopic (exact) mass is 208 g/mol. The van der Waals surface area contributed by atoms with Gasteiger partial charge in [0.25, 0.3) is 0 Å². The van der Waals surface area contributed by atoms with Gasteiger partial charge in [-0.2, -0.15) is 0 Å². The zero-order chi connectivity index (χ0) is 10.6. The van der Waals surface area contributed by atoms with E-state index in [1.54, 1.807) is 6.92 Å². The van der Waals surface area contributed by atoms with Crippen LogP contribution in [0.2, 0.25) is 0 Å². The normalized spacial score (nSPS) is 13.8. The second kappa shape index (κ2) is 4.57. The van der Waals surface area contributed by atoms with Crippen LogP contribution in [0.1, 0.15) is 6.92 Å². The highest BCUT2D eigenvalue weighted by Crippen LogP contribution is 1.91. The molecule has 5 nitrogen and oxygen atoms in total. The predicted octanol–water partition coefficient (Wildman–Crippen LogP) is -1.16. The van der Waals surface area contributed by atoms with E-state index in [0.717, 1.165) is 6.26 Å². The molecule has 13 heavy (non-hydrogen) atoms. The lowest BCUT2D eigenvalue weighted by Gasteiger charge is -2.18. The molecule has 0 saturated heterocycles. The quantitative estimate of drug-likeness (QED) is 0.631. The van der Waals surface area contributed by atoms with Crippen molar-refractivity contribution in [1.82, 2.24) is 4.90 Å². The number of sulfone groups is 1. The molecule has 1 unspecified atom stereocenters. The van der Waals surface area contributed by atoms with Gasteiger partial charge in [0.15, 0.2) is 0 Å². The fourth-order valence-corrected chi connectivity index (χ4v) is 1.37. The predicted molar refractivity (Wildman–Crippen MR) is 51.0 cm³/mol. The molecule has 0 aliphatic rings. The molecular weight excluding hydrogens is 192 g/mol. The Labute approximate surface area is 78.8 Å². The number of amides is 1. The topological polar surface area (TPSA) is 80.5 Å². The van der Waals surface area contributed by atoms with Crippen LogP contribution >= 0.6 is 0 Å². The van der Waals surface area contributed by atoms with E-state index in [2.05, 4.69) is 0 Å². The summed E-state index contributed by atoms with van der Waals surface area (Å²) in [6.07, 6.45) is 1.14. The molecule has 0 fully saturated rings. The lowest BCUT2D eigenvalue weighted by molar-refractivity contribution is -0.130. The van der Waals surface area contributed by atoms with Crippen molar-refractivity contribution < 1.29 is 13.2 Å². The first-order valence-electron chi connectivity index (χ1n) is 3.92. The largest absolute Gasteiger partial charge is 0.343 e. The third-order valence-electron chi connectivity index (χ3n) is 1.56. The first kappa shape index (κ1) is 12.4. The van der Waals surface area contributed by atoms with Crippen LogP contribution in [0.25, 0.3) is 0 Å². The third kappa shape index (κ3) is 5.59. The van der Waals surface area contributed by atoms with Crippen LogP contribution in [0.15, 0.2) is 0 Å². The Hall–Kier alpha value is -0.620. The molecule has 0 saturated carbocycles. The number of hydrogen-bond acceptors (Lipinski definition) is 4. The molecule has 0 bridgehead atoms. The molecular formula is C7H16N2O3S. The summed E-state index contributed by atoms with van der Waals surface area (Å²) in [6, 6.07) is -0.579. The van der Waals surface area contributed by atoms with Crippen LogP contribution < -0.4 is 5.73 Å². The maximum absolute atomic E-state index is 11.2. The van der Waals surface area contributed by atoms with Crippen molar-refractivity contribution in [2.24, 2.45) is 5.73 Å². The molecule has 0 aromatic rings. The van der Waals surface area contributed by atoms with E-state index in [4.69, 9.17) is 5.73 Å². The maximum atomic E-state index is 11.2. The van der Waals surface area contributed by atoms with Gasteiger partial charge in [0, 0.05) is 19.8 Å². The summed E-state index contributed by atoms with van der Waals surface area (Å²) in [5.41, 5.74) is 5.34. The van der Waals surface area contributed by atoms with Crippen LogP contribution in [0.3, 0.4) is 0 Å². The first-order chi connectivity index (χ1) is 5.74. The van der Waals surface area contributed by atoms with Gasteiger partial charge in [-0.1, -0.05) is 0 Å². The van der Waals surface area contributed by atoms with Crippen molar-refractivity contribution in [2.75, 3.05) is 25.6 Å². The molecule has 0 rings (SSSR count). The summed E-state index contributed by atoms with van der Waals surface area (Å²) >= 11 is 0.